The van der Waals surface area contributed by atoms with E-state index in [1.165, 1.54) is 0 Å². The summed E-state index contributed by atoms with van der Waals surface area (Å²) in [5, 5.41) is 0. The van der Waals surface area contributed by atoms with Gasteiger partial charge in [0, 0.05) is 4.47 Å². The molecule has 0 aliphatic heterocycles. The summed E-state index contributed by atoms with van der Waals surface area (Å²) in [6.07, 6.45) is 0. The molecule has 12 heavy (non-hydrogen) atoms. The number of rotatable bonds is 0. The van der Waals surface area contributed by atoms with Gasteiger partial charge in [0.15, 0.2) is 5.58 Å². The number of aromatic nitrogens is 1. The molecule has 0 fully saturated rings. The van der Waals surface area contributed by atoms with E-state index in [1.54, 1.807) is 0 Å². The smallest absolute Gasteiger partial charge is 0.408 e. The van der Waals surface area contributed by atoms with Crippen LogP contribution in [-0.4, -0.2) is 4.98 Å². The molecule has 1 aromatic carbocycles. The van der Waals surface area contributed by atoms with Crippen LogP contribution in [0.2, 0.25) is 0 Å². The number of fused-ring (bicyclic) bond motifs is 1. The van der Waals surface area contributed by atoms with E-state index in [2.05, 4.69) is 20.9 Å². The van der Waals surface area contributed by atoms with E-state index >= 15 is 0 Å². The summed E-state index contributed by atoms with van der Waals surface area (Å²) < 4.78 is 5.84. The standard InChI is InChI=1S/C8H6BrNO2/c1-4-2-7-6(3-5(4)9)10-8(11)12-7/h2-3H,1H3,(H,10,11). The van der Waals surface area contributed by atoms with Gasteiger partial charge in [-0.2, -0.15) is 0 Å². The minimum absolute atomic E-state index is 0.414. The number of benzene rings is 1. The van der Waals surface area contributed by atoms with Crippen molar-refractivity contribution in [2.24, 2.45) is 0 Å². The molecule has 1 aromatic heterocycles. The molecular formula is C8H6BrNO2. The minimum atomic E-state index is -0.414. The molecule has 0 bridgehead atoms. The zero-order chi connectivity index (χ0) is 8.72. The highest BCUT2D eigenvalue weighted by Crippen LogP contribution is 2.21. The number of hydrogen-bond acceptors (Lipinski definition) is 2. The predicted octanol–water partition coefficient (Wildman–Crippen LogP) is 2.19. The fourth-order valence-electron chi connectivity index (χ4n) is 1.07. The van der Waals surface area contributed by atoms with Gasteiger partial charge in [0.25, 0.3) is 0 Å². The third-order valence-corrected chi connectivity index (χ3v) is 2.55. The van der Waals surface area contributed by atoms with Crippen molar-refractivity contribution in [3.63, 3.8) is 0 Å². The average molecular weight is 228 g/mol. The number of aromatic amines is 1. The highest BCUT2D eigenvalue weighted by Gasteiger charge is 2.02. The number of oxazole rings is 1. The van der Waals surface area contributed by atoms with Crippen LogP contribution in [0.25, 0.3) is 11.1 Å². The van der Waals surface area contributed by atoms with Crippen LogP contribution in [-0.2, 0) is 0 Å². The fourth-order valence-corrected chi connectivity index (χ4v) is 1.42. The van der Waals surface area contributed by atoms with Gasteiger partial charge >= 0.3 is 5.76 Å². The summed E-state index contributed by atoms with van der Waals surface area (Å²) in [7, 11) is 0. The van der Waals surface area contributed by atoms with E-state index in [9.17, 15) is 4.79 Å². The Bertz CT molecular complexity index is 441. The van der Waals surface area contributed by atoms with Crippen molar-refractivity contribution in [3.8, 4) is 0 Å². The molecule has 1 N–H and O–H groups in total. The summed E-state index contributed by atoms with van der Waals surface area (Å²) in [6, 6.07) is 3.65. The Morgan fingerprint density at radius 3 is 3.00 bits per heavy atom. The number of hydrogen-bond donors (Lipinski definition) is 1. The van der Waals surface area contributed by atoms with Crippen molar-refractivity contribution in [3.05, 3.63) is 32.7 Å². The highest BCUT2D eigenvalue weighted by atomic mass is 79.9. The van der Waals surface area contributed by atoms with Gasteiger partial charge in [-0.3, -0.25) is 4.98 Å². The van der Waals surface area contributed by atoms with Crippen LogP contribution >= 0.6 is 15.9 Å². The zero-order valence-electron chi connectivity index (χ0n) is 6.35. The molecule has 0 unspecified atom stereocenters. The second kappa shape index (κ2) is 2.48. The molecule has 0 aliphatic carbocycles. The number of aryl methyl sites for hydroxylation is 1. The van der Waals surface area contributed by atoms with Gasteiger partial charge < -0.3 is 4.42 Å². The first-order valence-corrected chi connectivity index (χ1v) is 4.25. The molecular weight excluding hydrogens is 222 g/mol. The van der Waals surface area contributed by atoms with Crippen LogP contribution in [0.3, 0.4) is 0 Å². The zero-order valence-corrected chi connectivity index (χ0v) is 7.94. The SMILES string of the molecule is Cc1cc2oc(=O)[nH]c2cc1Br. The fraction of sp³-hybridized carbons (Fsp3) is 0.125. The third-order valence-electron chi connectivity index (χ3n) is 1.70. The Morgan fingerprint density at radius 2 is 2.25 bits per heavy atom. The maximum atomic E-state index is 10.8. The Kier molecular flexibility index (Phi) is 1.58. The molecule has 62 valence electrons. The Labute approximate surface area is 76.5 Å². The molecule has 0 radical (unpaired) electrons. The van der Waals surface area contributed by atoms with E-state index in [4.69, 9.17) is 4.42 Å². The van der Waals surface area contributed by atoms with Gasteiger partial charge in [0.2, 0.25) is 0 Å². The topological polar surface area (TPSA) is 46.0 Å². The number of nitrogens with one attached hydrogen (secondary N) is 1. The minimum Gasteiger partial charge on any atom is -0.408 e. The first kappa shape index (κ1) is 7.61. The van der Waals surface area contributed by atoms with E-state index in [0.717, 1.165) is 15.6 Å². The van der Waals surface area contributed by atoms with Crippen LogP contribution in [0.1, 0.15) is 5.56 Å². The Hall–Kier alpha value is -1.03. The maximum absolute atomic E-state index is 10.8. The molecule has 4 heteroatoms. The predicted molar refractivity (Wildman–Crippen MR) is 49.3 cm³/mol. The average Bonchev–Trinajstić information content (AvgIpc) is 2.30. The molecule has 0 saturated carbocycles. The van der Waals surface area contributed by atoms with Crippen molar-refractivity contribution < 1.29 is 4.42 Å². The summed E-state index contributed by atoms with van der Waals surface area (Å²) in [4.78, 5) is 13.3. The van der Waals surface area contributed by atoms with Gasteiger partial charge in [-0.05, 0) is 24.6 Å². The quantitative estimate of drug-likeness (QED) is 0.751. The largest absolute Gasteiger partial charge is 0.417 e. The lowest BCUT2D eigenvalue weighted by molar-refractivity contribution is 0.555. The second-order valence-electron chi connectivity index (χ2n) is 2.61. The van der Waals surface area contributed by atoms with Crippen molar-refractivity contribution in [2.45, 2.75) is 6.92 Å². The lowest BCUT2D eigenvalue weighted by atomic mass is 10.2. The van der Waals surface area contributed by atoms with Gasteiger partial charge in [-0.25, -0.2) is 4.79 Å². The lowest BCUT2D eigenvalue weighted by Crippen LogP contribution is -1.92. The van der Waals surface area contributed by atoms with Gasteiger partial charge in [0.1, 0.15) is 0 Å². The molecule has 0 aliphatic rings. The number of halogens is 1. The normalized spacial score (nSPS) is 10.8. The lowest BCUT2D eigenvalue weighted by Gasteiger charge is -1.94. The monoisotopic (exact) mass is 227 g/mol. The van der Waals surface area contributed by atoms with E-state index in [1.807, 2.05) is 19.1 Å². The van der Waals surface area contributed by atoms with Crippen molar-refractivity contribution in [1.82, 2.24) is 4.98 Å². The maximum Gasteiger partial charge on any atom is 0.417 e. The first-order valence-electron chi connectivity index (χ1n) is 3.46. The van der Waals surface area contributed by atoms with Crippen LogP contribution in [0.4, 0.5) is 0 Å². The van der Waals surface area contributed by atoms with Gasteiger partial charge in [0.05, 0.1) is 5.52 Å². The number of H-pyrrole nitrogens is 1. The molecule has 1 heterocycles. The molecule has 0 saturated heterocycles. The van der Waals surface area contributed by atoms with E-state index < -0.39 is 5.76 Å². The van der Waals surface area contributed by atoms with Gasteiger partial charge in [-0.1, -0.05) is 15.9 Å². The second-order valence-corrected chi connectivity index (χ2v) is 3.47. The van der Waals surface area contributed by atoms with E-state index in [0.29, 0.717) is 5.58 Å². The van der Waals surface area contributed by atoms with Crippen LogP contribution in [0, 0.1) is 6.92 Å². The van der Waals surface area contributed by atoms with Gasteiger partial charge in [-0.15, -0.1) is 0 Å². The van der Waals surface area contributed by atoms with Crippen molar-refractivity contribution >= 4 is 27.0 Å². The summed E-state index contributed by atoms with van der Waals surface area (Å²) in [6.45, 7) is 1.94. The highest BCUT2D eigenvalue weighted by molar-refractivity contribution is 9.10. The Balaban J connectivity index is 2.92. The van der Waals surface area contributed by atoms with E-state index in [-0.39, 0.29) is 0 Å². The third kappa shape index (κ3) is 1.08. The van der Waals surface area contributed by atoms with Crippen LogP contribution in [0.5, 0.6) is 0 Å². The first-order chi connectivity index (χ1) is 5.66. The molecule has 0 amide bonds. The Morgan fingerprint density at radius 1 is 1.50 bits per heavy atom. The summed E-state index contributed by atoms with van der Waals surface area (Å²) >= 11 is 3.36. The van der Waals surface area contributed by atoms with Crippen LogP contribution in [0.15, 0.2) is 25.8 Å². The van der Waals surface area contributed by atoms with Crippen LogP contribution < -0.4 is 5.76 Å². The molecule has 2 aromatic rings. The van der Waals surface area contributed by atoms with Crippen molar-refractivity contribution in [2.75, 3.05) is 0 Å². The van der Waals surface area contributed by atoms with Crippen molar-refractivity contribution in [1.29, 1.82) is 0 Å². The molecule has 0 atom stereocenters. The molecule has 0 spiro atoms. The summed E-state index contributed by atoms with van der Waals surface area (Å²) in [5.74, 6) is -0.414. The molecule has 3 nitrogen and oxygen atoms in total. The summed E-state index contributed by atoms with van der Waals surface area (Å²) in [5.41, 5.74) is 2.36. The molecule has 2 rings (SSSR count).